The van der Waals surface area contributed by atoms with Gasteiger partial charge in [0.15, 0.2) is 0 Å². The van der Waals surface area contributed by atoms with Crippen LogP contribution in [-0.4, -0.2) is 48.4 Å². The molecule has 1 aliphatic heterocycles. The lowest BCUT2D eigenvalue weighted by Gasteiger charge is -2.50. The van der Waals surface area contributed by atoms with E-state index in [1.54, 1.807) is 6.07 Å². The molecule has 1 heterocycles. The zero-order chi connectivity index (χ0) is 15.0. The van der Waals surface area contributed by atoms with Crippen molar-refractivity contribution in [2.45, 2.75) is 31.0 Å². The monoisotopic (exact) mass is 291 g/mol. The van der Waals surface area contributed by atoms with E-state index in [4.69, 9.17) is 0 Å². The zero-order valence-electron chi connectivity index (χ0n) is 12.6. The lowest BCUT2D eigenvalue weighted by Crippen LogP contribution is -2.58. The lowest BCUT2D eigenvalue weighted by molar-refractivity contribution is -0.131. The maximum Gasteiger partial charge on any atom is 0.238 e. The molecule has 21 heavy (non-hydrogen) atoms. The first-order chi connectivity index (χ1) is 10.0. The van der Waals surface area contributed by atoms with Crippen LogP contribution in [0.2, 0.25) is 0 Å². The van der Waals surface area contributed by atoms with E-state index in [9.17, 15) is 9.18 Å². The fourth-order valence-electron chi connectivity index (χ4n) is 3.34. The van der Waals surface area contributed by atoms with Gasteiger partial charge in [-0.15, -0.1) is 0 Å². The molecule has 1 aliphatic carbocycles. The average Bonchev–Trinajstić information content (AvgIpc) is 2.74. The zero-order valence-corrected chi connectivity index (χ0v) is 12.6. The minimum absolute atomic E-state index is 0.0766. The van der Waals surface area contributed by atoms with Crippen LogP contribution < -0.4 is 5.32 Å². The maximum atomic E-state index is 13.4. The number of benzene rings is 1. The van der Waals surface area contributed by atoms with Crippen molar-refractivity contribution < 1.29 is 9.18 Å². The van der Waals surface area contributed by atoms with E-state index in [-0.39, 0.29) is 23.4 Å². The molecule has 1 aromatic rings. The van der Waals surface area contributed by atoms with Crippen LogP contribution in [0.3, 0.4) is 0 Å². The summed E-state index contributed by atoms with van der Waals surface area (Å²) in [6.07, 6.45) is 3.21. The van der Waals surface area contributed by atoms with E-state index in [0.29, 0.717) is 13.1 Å². The van der Waals surface area contributed by atoms with Crippen LogP contribution in [0, 0.1) is 5.82 Å². The average molecular weight is 291 g/mol. The van der Waals surface area contributed by atoms with Crippen molar-refractivity contribution in [3.05, 3.63) is 35.6 Å². The largest absolute Gasteiger partial charge is 0.320 e. The molecule has 1 atom stereocenters. The summed E-state index contributed by atoms with van der Waals surface area (Å²) < 4.78 is 13.4. The molecule has 1 saturated carbocycles. The van der Waals surface area contributed by atoms with E-state index in [0.717, 1.165) is 18.4 Å². The molecule has 3 rings (SSSR count). The molecule has 114 valence electrons. The Labute approximate surface area is 124 Å². The topological polar surface area (TPSA) is 35.6 Å². The molecule has 2 fully saturated rings. The Morgan fingerprint density at radius 1 is 1.43 bits per heavy atom. The fraction of sp³-hybridized carbons (Fsp3) is 0.562. The molecular formula is C16H22FN3O. The molecule has 1 saturated heterocycles. The molecule has 0 bridgehead atoms. The van der Waals surface area contributed by atoms with Crippen LogP contribution in [-0.2, 0) is 4.79 Å². The van der Waals surface area contributed by atoms with Gasteiger partial charge >= 0.3 is 0 Å². The second-order valence-corrected chi connectivity index (χ2v) is 6.33. The molecule has 4 nitrogen and oxygen atoms in total. The molecule has 5 heteroatoms. The third kappa shape index (κ3) is 2.56. The van der Waals surface area contributed by atoms with Gasteiger partial charge in [-0.2, -0.15) is 0 Å². The van der Waals surface area contributed by atoms with Crippen LogP contribution in [0.5, 0.6) is 0 Å². The molecule has 1 aromatic carbocycles. The van der Waals surface area contributed by atoms with E-state index < -0.39 is 0 Å². The summed E-state index contributed by atoms with van der Waals surface area (Å²) in [6, 6.07) is 6.50. The predicted octanol–water partition coefficient (Wildman–Crippen LogP) is 1.74. The van der Waals surface area contributed by atoms with Gasteiger partial charge in [0, 0.05) is 12.1 Å². The Hall–Kier alpha value is -1.46. The number of hydrogen-bond acceptors (Lipinski definition) is 3. The second kappa shape index (κ2) is 5.39. The van der Waals surface area contributed by atoms with Crippen LogP contribution >= 0.6 is 0 Å². The summed E-state index contributed by atoms with van der Waals surface area (Å²) >= 11 is 0. The highest BCUT2D eigenvalue weighted by atomic mass is 19.1. The van der Waals surface area contributed by atoms with Crippen molar-refractivity contribution in [3.63, 3.8) is 0 Å². The van der Waals surface area contributed by atoms with Crippen molar-refractivity contribution in [1.29, 1.82) is 0 Å². The minimum Gasteiger partial charge on any atom is -0.320 e. The van der Waals surface area contributed by atoms with Crippen LogP contribution in [0.1, 0.15) is 31.0 Å². The molecular weight excluding hydrogens is 269 g/mol. The Kier molecular flexibility index (Phi) is 3.71. The SMILES string of the molecule is CN(C)C1(CN2C(=O)CNC2c2cccc(F)c2)CCC1. The highest BCUT2D eigenvalue weighted by molar-refractivity contribution is 5.81. The Morgan fingerprint density at radius 2 is 2.19 bits per heavy atom. The summed E-state index contributed by atoms with van der Waals surface area (Å²) in [7, 11) is 4.15. The van der Waals surface area contributed by atoms with Crippen molar-refractivity contribution in [3.8, 4) is 0 Å². The van der Waals surface area contributed by atoms with Gasteiger partial charge in [-0.3, -0.25) is 10.1 Å². The predicted molar refractivity (Wildman–Crippen MR) is 79.1 cm³/mol. The van der Waals surface area contributed by atoms with Gasteiger partial charge in [0.2, 0.25) is 5.91 Å². The highest BCUT2D eigenvalue weighted by Gasteiger charge is 2.44. The Bertz CT molecular complexity index is 542. The number of likely N-dealkylation sites (N-methyl/N-ethyl adjacent to an activating group) is 1. The lowest BCUT2D eigenvalue weighted by atomic mass is 9.75. The summed E-state index contributed by atoms with van der Waals surface area (Å²) in [5, 5.41) is 3.20. The molecule has 1 unspecified atom stereocenters. The van der Waals surface area contributed by atoms with Gasteiger partial charge in [0.25, 0.3) is 0 Å². The van der Waals surface area contributed by atoms with Gasteiger partial charge in [-0.05, 0) is 51.1 Å². The standard InChI is InChI=1S/C16H22FN3O/c1-19(2)16(7-4-8-16)11-20-14(21)10-18-15(20)12-5-3-6-13(17)9-12/h3,5-6,9,15,18H,4,7-8,10-11H2,1-2H3. The maximum absolute atomic E-state index is 13.4. The van der Waals surface area contributed by atoms with Gasteiger partial charge in [-0.1, -0.05) is 12.1 Å². The van der Waals surface area contributed by atoms with Crippen LogP contribution in [0.15, 0.2) is 24.3 Å². The number of amides is 1. The number of carbonyl (C=O) groups is 1. The van der Waals surface area contributed by atoms with Gasteiger partial charge in [0.05, 0.1) is 6.54 Å². The first-order valence-electron chi connectivity index (χ1n) is 7.48. The highest BCUT2D eigenvalue weighted by Crippen LogP contribution is 2.39. The van der Waals surface area contributed by atoms with E-state index in [1.807, 2.05) is 11.0 Å². The first-order valence-corrected chi connectivity index (χ1v) is 7.48. The fourth-order valence-corrected chi connectivity index (χ4v) is 3.34. The first kappa shape index (κ1) is 14.5. The molecule has 2 aliphatic rings. The van der Waals surface area contributed by atoms with Crippen molar-refractivity contribution >= 4 is 5.91 Å². The number of hydrogen-bond donors (Lipinski definition) is 1. The quantitative estimate of drug-likeness (QED) is 0.918. The number of rotatable bonds is 4. The Morgan fingerprint density at radius 3 is 2.76 bits per heavy atom. The molecule has 0 spiro atoms. The number of halogens is 1. The van der Waals surface area contributed by atoms with Gasteiger partial charge in [-0.25, -0.2) is 4.39 Å². The molecule has 0 radical (unpaired) electrons. The second-order valence-electron chi connectivity index (χ2n) is 6.33. The van der Waals surface area contributed by atoms with Crippen molar-refractivity contribution in [2.24, 2.45) is 0 Å². The molecule has 0 aromatic heterocycles. The van der Waals surface area contributed by atoms with Crippen LogP contribution in [0.25, 0.3) is 0 Å². The summed E-state index contributed by atoms with van der Waals surface area (Å²) in [5.74, 6) is -0.169. The van der Waals surface area contributed by atoms with Gasteiger partial charge < -0.3 is 9.80 Å². The van der Waals surface area contributed by atoms with E-state index >= 15 is 0 Å². The summed E-state index contributed by atoms with van der Waals surface area (Å²) in [4.78, 5) is 16.3. The third-order valence-corrected chi connectivity index (χ3v) is 4.94. The molecule has 1 amide bonds. The third-order valence-electron chi connectivity index (χ3n) is 4.94. The Balaban J connectivity index is 1.83. The van der Waals surface area contributed by atoms with E-state index in [2.05, 4.69) is 24.3 Å². The number of nitrogens with one attached hydrogen (secondary N) is 1. The molecule has 1 N–H and O–H groups in total. The summed E-state index contributed by atoms with van der Waals surface area (Å²) in [6.45, 7) is 1.03. The van der Waals surface area contributed by atoms with Crippen molar-refractivity contribution in [2.75, 3.05) is 27.2 Å². The number of nitrogens with zero attached hydrogens (tertiary/aromatic N) is 2. The van der Waals surface area contributed by atoms with Gasteiger partial charge in [0.1, 0.15) is 12.0 Å². The van der Waals surface area contributed by atoms with Crippen LogP contribution in [0.4, 0.5) is 4.39 Å². The normalized spacial score (nSPS) is 24.5. The van der Waals surface area contributed by atoms with Crippen molar-refractivity contribution in [1.82, 2.24) is 15.1 Å². The van der Waals surface area contributed by atoms with E-state index in [1.165, 1.54) is 18.6 Å². The smallest absolute Gasteiger partial charge is 0.238 e. The number of carbonyl (C=O) groups excluding carboxylic acids is 1. The minimum atomic E-state index is -0.264. The summed E-state index contributed by atoms with van der Waals surface area (Å²) in [5.41, 5.74) is 0.891.